The van der Waals surface area contributed by atoms with E-state index in [4.69, 9.17) is 0 Å². The van der Waals surface area contributed by atoms with Gasteiger partial charge in [0.2, 0.25) is 0 Å². The third-order valence-corrected chi connectivity index (χ3v) is 2.87. The minimum Gasteiger partial charge on any atom is -0.357 e. The van der Waals surface area contributed by atoms with E-state index in [-0.39, 0.29) is 0 Å². The van der Waals surface area contributed by atoms with Gasteiger partial charge in [0.15, 0.2) is 0 Å². The topological polar surface area (TPSA) is 19.0 Å². The maximum Gasteiger partial charge on any atom is 0.0456 e. The van der Waals surface area contributed by atoms with E-state index in [2.05, 4.69) is 76.7 Å². The molecule has 3 heteroatoms. The Bertz CT molecular complexity index is 399. The average Bonchev–Trinajstić information content (AvgIpc) is 2.80. The summed E-state index contributed by atoms with van der Waals surface area (Å²) in [4.78, 5) is 7.83. The Labute approximate surface area is 118 Å². The van der Waals surface area contributed by atoms with Crippen molar-refractivity contribution in [1.82, 2.24) is 9.88 Å². The summed E-state index contributed by atoms with van der Waals surface area (Å²) in [7, 11) is 0. The van der Waals surface area contributed by atoms with Gasteiger partial charge in [-0.3, -0.25) is 4.90 Å². The molecule has 2 rings (SSSR count). The molecule has 94 valence electrons. The van der Waals surface area contributed by atoms with Crippen molar-refractivity contribution < 1.29 is 0 Å². The van der Waals surface area contributed by atoms with Crippen LogP contribution in [0.3, 0.4) is 0 Å². The van der Waals surface area contributed by atoms with E-state index in [1.54, 1.807) is 0 Å². The molecule has 0 atom stereocenters. The van der Waals surface area contributed by atoms with E-state index in [9.17, 15) is 0 Å². The molecule has 1 heterocycles. The number of benzene rings is 1. The van der Waals surface area contributed by atoms with E-state index >= 15 is 0 Å². The molecule has 0 radical (unpaired) electrons. The van der Waals surface area contributed by atoms with Crippen LogP contribution >= 0.6 is 22.6 Å². The molecular weight excluding hydrogens is 323 g/mol. The predicted octanol–water partition coefficient (Wildman–Crippen LogP) is 4.06. The average molecular weight is 344 g/mol. The Morgan fingerprint density at radius 3 is 2.35 bits per heavy atom. The van der Waals surface area contributed by atoms with Crippen LogP contribution in [0, 0.1) is 0 Å². The minimum absolute atomic E-state index is 1.02. The van der Waals surface area contributed by atoms with E-state index in [0.29, 0.717) is 0 Å². The zero-order chi connectivity index (χ0) is 12.7. The monoisotopic (exact) mass is 344 g/mol. The van der Waals surface area contributed by atoms with Gasteiger partial charge in [-0.1, -0.05) is 54.6 Å². The first-order chi connectivity index (χ1) is 8.33. The fourth-order valence-electron chi connectivity index (χ4n) is 1.91. The van der Waals surface area contributed by atoms with Crippen LogP contribution in [0.2, 0.25) is 0 Å². The molecule has 0 fully saturated rings. The highest BCUT2D eigenvalue weighted by Crippen LogP contribution is 2.15. The first-order valence-corrected chi connectivity index (χ1v) is 8.16. The zero-order valence-corrected chi connectivity index (χ0v) is 13.0. The highest BCUT2D eigenvalue weighted by molar-refractivity contribution is 14.1. The Morgan fingerprint density at radius 2 is 1.76 bits per heavy atom. The molecule has 0 unspecified atom stereocenters. The molecule has 1 aromatic carbocycles. The third kappa shape index (κ3) is 4.00. The number of fused-ring (bicyclic) bond motifs is 1. The Balaban J connectivity index is 0.000000686. The first-order valence-electron chi connectivity index (χ1n) is 6.00. The maximum atomic E-state index is 3.45. The largest absolute Gasteiger partial charge is 0.357 e. The number of hydrogen-bond acceptors (Lipinski definition) is 1. The molecule has 2 aromatic rings. The van der Waals surface area contributed by atoms with Gasteiger partial charge in [-0.05, 0) is 35.5 Å². The number of H-pyrrole nitrogens is 1. The van der Waals surface area contributed by atoms with Crippen molar-refractivity contribution in [2.24, 2.45) is 0 Å². The van der Waals surface area contributed by atoms with Crippen molar-refractivity contribution in [3.63, 3.8) is 0 Å². The van der Waals surface area contributed by atoms with Crippen molar-refractivity contribution in [3.8, 4) is 0 Å². The molecule has 0 aliphatic rings. The maximum absolute atomic E-state index is 3.45. The van der Waals surface area contributed by atoms with Crippen LogP contribution < -0.4 is 0 Å². The standard InChI is InChI=1S/C13H18N2.CH3I/c1-3-15(4-2)10-12-9-11-7-5-6-8-13(11)14-12;1-2/h5-9,14H,3-4,10H2,1-2H3;1H3. The number of para-hydroxylation sites is 1. The van der Waals surface area contributed by atoms with Gasteiger partial charge < -0.3 is 4.98 Å². The first kappa shape index (κ1) is 14.5. The van der Waals surface area contributed by atoms with Crippen LogP contribution in [0.4, 0.5) is 0 Å². The molecule has 1 aromatic heterocycles. The van der Waals surface area contributed by atoms with Crippen molar-refractivity contribution in [2.45, 2.75) is 20.4 Å². The van der Waals surface area contributed by atoms with Crippen molar-refractivity contribution in [1.29, 1.82) is 0 Å². The number of aromatic amines is 1. The second-order valence-electron chi connectivity index (χ2n) is 3.84. The molecule has 0 saturated carbocycles. The quantitative estimate of drug-likeness (QED) is 0.655. The van der Waals surface area contributed by atoms with Crippen molar-refractivity contribution in [2.75, 3.05) is 18.0 Å². The lowest BCUT2D eigenvalue weighted by Gasteiger charge is -2.16. The number of nitrogens with one attached hydrogen (secondary N) is 1. The van der Waals surface area contributed by atoms with Crippen LogP contribution in [0.25, 0.3) is 10.9 Å². The van der Waals surface area contributed by atoms with Gasteiger partial charge >= 0.3 is 0 Å². The lowest BCUT2D eigenvalue weighted by Crippen LogP contribution is -2.22. The zero-order valence-electron chi connectivity index (χ0n) is 10.8. The third-order valence-electron chi connectivity index (χ3n) is 2.87. The summed E-state index contributed by atoms with van der Waals surface area (Å²) < 4.78 is 0. The van der Waals surface area contributed by atoms with E-state index < -0.39 is 0 Å². The lowest BCUT2D eigenvalue weighted by atomic mass is 10.2. The summed E-state index contributed by atoms with van der Waals surface area (Å²) in [6, 6.07) is 10.7. The number of rotatable bonds is 4. The summed E-state index contributed by atoms with van der Waals surface area (Å²) in [5, 5.41) is 1.31. The Morgan fingerprint density at radius 1 is 1.12 bits per heavy atom. The molecular formula is C14H21IN2. The minimum atomic E-state index is 1.02. The normalized spacial score (nSPS) is 10.4. The van der Waals surface area contributed by atoms with Crippen molar-refractivity contribution >= 4 is 33.5 Å². The highest BCUT2D eigenvalue weighted by Gasteiger charge is 2.03. The van der Waals surface area contributed by atoms with Gasteiger partial charge in [-0.2, -0.15) is 0 Å². The number of hydrogen-bond donors (Lipinski definition) is 1. The van der Waals surface area contributed by atoms with Crippen LogP contribution in [0.5, 0.6) is 0 Å². The summed E-state index contributed by atoms with van der Waals surface area (Å²) in [5.74, 6) is 0. The van der Waals surface area contributed by atoms with Gasteiger partial charge in [0.25, 0.3) is 0 Å². The SMILES string of the molecule is CCN(CC)Cc1cc2ccccc2[nH]1.CI. The van der Waals surface area contributed by atoms with E-state index in [0.717, 1.165) is 19.6 Å². The molecule has 0 aliphatic carbocycles. The second kappa shape index (κ2) is 7.71. The van der Waals surface area contributed by atoms with Gasteiger partial charge in [-0.25, -0.2) is 0 Å². The second-order valence-corrected chi connectivity index (χ2v) is 3.84. The molecule has 1 N–H and O–H groups in total. The fraction of sp³-hybridized carbons (Fsp3) is 0.429. The molecule has 0 saturated heterocycles. The van der Waals surface area contributed by atoms with Crippen LogP contribution in [-0.2, 0) is 6.54 Å². The lowest BCUT2D eigenvalue weighted by molar-refractivity contribution is 0.293. The molecule has 0 amide bonds. The summed E-state index contributed by atoms with van der Waals surface area (Å²) in [6.45, 7) is 7.62. The van der Waals surface area contributed by atoms with Crippen LogP contribution in [0.15, 0.2) is 30.3 Å². The van der Waals surface area contributed by atoms with Gasteiger partial charge in [0.05, 0.1) is 0 Å². The number of halogens is 1. The van der Waals surface area contributed by atoms with Crippen LogP contribution in [0.1, 0.15) is 19.5 Å². The smallest absolute Gasteiger partial charge is 0.0456 e. The predicted molar refractivity (Wildman–Crippen MR) is 84.9 cm³/mol. The van der Waals surface area contributed by atoms with Gasteiger partial charge in [-0.15, -0.1) is 0 Å². The van der Waals surface area contributed by atoms with E-state index in [1.807, 2.05) is 4.93 Å². The number of nitrogens with zero attached hydrogens (tertiary/aromatic N) is 1. The molecule has 0 spiro atoms. The number of alkyl halides is 1. The highest BCUT2D eigenvalue weighted by atomic mass is 127. The summed E-state index contributed by atoms with van der Waals surface area (Å²) in [6.07, 6.45) is 0. The molecule has 0 aliphatic heterocycles. The Kier molecular flexibility index (Phi) is 6.58. The summed E-state index contributed by atoms with van der Waals surface area (Å²) >= 11 is 2.15. The molecule has 0 bridgehead atoms. The van der Waals surface area contributed by atoms with Gasteiger partial charge in [0, 0.05) is 17.8 Å². The van der Waals surface area contributed by atoms with Crippen LogP contribution in [-0.4, -0.2) is 27.9 Å². The van der Waals surface area contributed by atoms with E-state index in [1.165, 1.54) is 16.6 Å². The molecule has 2 nitrogen and oxygen atoms in total. The van der Waals surface area contributed by atoms with Crippen molar-refractivity contribution in [3.05, 3.63) is 36.0 Å². The van der Waals surface area contributed by atoms with Gasteiger partial charge in [0.1, 0.15) is 0 Å². The fourth-order valence-corrected chi connectivity index (χ4v) is 1.91. The number of aromatic nitrogens is 1. The molecule has 17 heavy (non-hydrogen) atoms. The summed E-state index contributed by atoms with van der Waals surface area (Å²) in [5.41, 5.74) is 2.54. The Hall–Kier alpha value is -0.550.